The topological polar surface area (TPSA) is 18.5 Å². The van der Waals surface area contributed by atoms with Crippen molar-refractivity contribution < 1.29 is 39.7 Å². The van der Waals surface area contributed by atoms with Crippen LogP contribution in [0.1, 0.15) is 36.8 Å². The predicted molar refractivity (Wildman–Crippen MR) is 115 cm³/mol. The molecule has 2 saturated heterocycles. The molecule has 0 saturated carbocycles. The van der Waals surface area contributed by atoms with Crippen LogP contribution in [0.3, 0.4) is 0 Å². The molecule has 31 heavy (non-hydrogen) atoms. The molecule has 0 aliphatic carbocycles. The van der Waals surface area contributed by atoms with Crippen LogP contribution >= 0.6 is 0 Å². The number of piperidine rings is 1. The maximum absolute atomic E-state index is 14.2. The first-order valence-electron chi connectivity index (χ1n) is 10.6. The van der Waals surface area contributed by atoms with Gasteiger partial charge < -0.3 is 30.9 Å². The van der Waals surface area contributed by atoms with Gasteiger partial charge in [-0.25, -0.2) is 8.78 Å². The molecule has 3 nitrogen and oxygen atoms in total. The van der Waals surface area contributed by atoms with E-state index in [0.717, 1.165) is 22.9 Å². The molecule has 0 unspecified atom stereocenters. The smallest absolute Gasteiger partial charge is 0.126 e. The quantitative estimate of drug-likeness (QED) is 0.595. The zero-order chi connectivity index (χ0) is 21.5. The maximum Gasteiger partial charge on any atom is 0.126 e. The molecule has 2 aromatic rings. The van der Waals surface area contributed by atoms with Crippen molar-refractivity contribution in [3.63, 3.8) is 0 Å². The van der Waals surface area contributed by atoms with Gasteiger partial charge in [0.1, 0.15) is 23.1 Å². The van der Waals surface area contributed by atoms with Crippen molar-refractivity contribution in [1.29, 1.82) is 0 Å². The van der Waals surface area contributed by atoms with Crippen LogP contribution in [0.2, 0.25) is 0 Å². The van der Waals surface area contributed by atoms with Crippen molar-refractivity contribution in [3.8, 4) is 11.5 Å². The summed E-state index contributed by atoms with van der Waals surface area (Å²) in [5.41, 5.74) is 2.00. The Morgan fingerprint density at radius 3 is 1.74 bits per heavy atom. The fraction of sp³-hybridized carbons (Fsp3) is 0.440. The summed E-state index contributed by atoms with van der Waals surface area (Å²) in [5.74, 6) is 0.750. The van der Waals surface area contributed by atoms with Gasteiger partial charge in [0.05, 0.1) is 40.4 Å². The van der Waals surface area contributed by atoms with Crippen LogP contribution in [-0.2, 0) is 0 Å². The fourth-order valence-electron chi connectivity index (χ4n) is 5.40. The van der Waals surface area contributed by atoms with Crippen LogP contribution in [0, 0.1) is 17.6 Å². The average Bonchev–Trinajstić information content (AvgIpc) is 2.88. The molecule has 2 atom stereocenters. The third-order valence-corrected chi connectivity index (χ3v) is 7.17. The van der Waals surface area contributed by atoms with Crippen LogP contribution in [-0.4, -0.2) is 44.9 Å². The molecule has 0 N–H and O–H groups in total. The second-order valence-corrected chi connectivity index (χ2v) is 9.02. The van der Waals surface area contributed by atoms with E-state index in [0.29, 0.717) is 40.6 Å². The highest BCUT2D eigenvalue weighted by Gasteiger charge is 2.48. The van der Waals surface area contributed by atoms with Gasteiger partial charge in [-0.15, -0.1) is 0 Å². The molecule has 2 aromatic carbocycles. The van der Waals surface area contributed by atoms with Crippen molar-refractivity contribution in [1.82, 2.24) is 0 Å². The minimum Gasteiger partial charge on any atom is -1.00 e. The normalized spacial score (nSPS) is 23.6. The first-order valence-corrected chi connectivity index (χ1v) is 10.6. The number of nitrogens with zero attached hydrogens (tertiary/aromatic N) is 1. The third kappa shape index (κ3) is 4.51. The summed E-state index contributed by atoms with van der Waals surface area (Å²) in [5, 5.41) is 0. The van der Waals surface area contributed by atoms with Crippen molar-refractivity contribution in [2.75, 3.05) is 28.3 Å². The monoisotopic (exact) mass is 493 g/mol. The van der Waals surface area contributed by atoms with Crippen LogP contribution in [0.4, 0.5) is 8.78 Å². The van der Waals surface area contributed by atoms with Crippen molar-refractivity contribution >= 4 is 5.57 Å². The number of rotatable bonds is 5. The molecule has 168 valence electrons. The lowest BCUT2D eigenvalue weighted by Gasteiger charge is -2.44. The van der Waals surface area contributed by atoms with Crippen molar-refractivity contribution in [2.45, 2.75) is 37.8 Å². The summed E-state index contributed by atoms with van der Waals surface area (Å²) in [6.07, 6.45) is 6.82. The Kier molecular flexibility index (Phi) is 7.11. The number of hydrogen-bond donors (Lipinski definition) is 0. The Bertz CT molecular complexity index is 904. The number of methoxy groups -OCH3 is 2. The molecule has 2 aliphatic rings. The average molecular weight is 494 g/mol. The van der Waals surface area contributed by atoms with Gasteiger partial charge >= 0.3 is 0 Å². The lowest BCUT2D eigenvalue weighted by atomic mass is 9.84. The summed E-state index contributed by atoms with van der Waals surface area (Å²) in [7, 11) is 7.79. The number of halogens is 3. The van der Waals surface area contributed by atoms with Crippen LogP contribution in [0.25, 0.3) is 5.57 Å². The maximum atomic E-state index is 14.2. The fourth-order valence-corrected chi connectivity index (χ4v) is 5.40. The number of fused-ring (bicyclic) bond motifs is 2. The van der Waals surface area contributed by atoms with E-state index in [1.165, 1.54) is 37.1 Å². The number of allylic oxidation sites excluding steroid dienone is 1. The molecular formula is C25H30BrF2NO2. The molecule has 0 aromatic heterocycles. The van der Waals surface area contributed by atoms with E-state index >= 15 is 0 Å². The highest BCUT2D eigenvalue weighted by molar-refractivity contribution is 5.85. The van der Waals surface area contributed by atoms with Crippen LogP contribution < -0.4 is 26.5 Å². The van der Waals surface area contributed by atoms with Gasteiger partial charge in [-0.3, -0.25) is 0 Å². The van der Waals surface area contributed by atoms with Crippen LogP contribution in [0.15, 0.2) is 42.5 Å². The zero-order valence-corrected chi connectivity index (χ0v) is 20.1. The Balaban J connectivity index is 0.00000272. The van der Waals surface area contributed by atoms with E-state index in [1.54, 1.807) is 26.4 Å². The van der Waals surface area contributed by atoms with E-state index in [-0.39, 0.29) is 28.6 Å². The molecule has 6 heteroatoms. The van der Waals surface area contributed by atoms with E-state index in [1.807, 2.05) is 0 Å². The number of benzene rings is 2. The number of hydrogen-bond acceptors (Lipinski definition) is 2. The second-order valence-electron chi connectivity index (χ2n) is 9.02. The van der Waals surface area contributed by atoms with E-state index in [4.69, 9.17) is 9.47 Å². The zero-order valence-electron chi connectivity index (χ0n) is 18.5. The van der Waals surface area contributed by atoms with Gasteiger partial charge in [0.2, 0.25) is 0 Å². The Labute approximate surface area is 194 Å². The summed E-state index contributed by atoms with van der Waals surface area (Å²) in [4.78, 5) is 0. The van der Waals surface area contributed by atoms with Gasteiger partial charge in [-0.1, -0.05) is 6.08 Å². The molecule has 4 rings (SSSR count). The largest absolute Gasteiger partial charge is 1.00 e. The lowest BCUT2D eigenvalue weighted by Crippen LogP contribution is -3.00. The van der Waals surface area contributed by atoms with Gasteiger partial charge in [-0.05, 0) is 47.9 Å². The lowest BCUT2D eigenvalue weighted by molar-refractivity contribution is -0.931. The highest BCUT2D eigenvalue weighted by Crippen LogP contribution is 2.45. The third-order valence-electron chi connectivity index (χ3n) is 7.17. The standard InChI is InChI=1S/C25H30F2NO2.BrH/c1-28(2)19-7-8-20(28)12-16(11-19)13-21(22-14-17(26)5-9-24(22)29-3)23-15-18(27)6-10-25(23)30-4;/h5-6,9-10,13-16,19-20H,7-8,11-12H2,1-4H3;1H/q+1;/p-1/t19-,20-;/m0./s1. The summed E-state index contributed by atoms with van der Waals surface area (Å²) in [6, 6.07) is 10.2. The first kappa shape index (κ1) is 23.7. The van der Waals surface area contributed by atoms with Crippen LogP contribution in [0.5, 0.6) is 11.5 Å². The molecule has 0 spiro atoms. The van der Waals surface area contributed by atoms with Crippen molar-refractivity contribution in [2.24, 2.45) is 5.92 Å². The van der Waals surface area contributed by atoms with Gasteiger partial charge in [0, 0.05) is 36.8 Å². The molecule has 2 heterocycles. The molecule has 2 bridgehead atoms. The molecule has 2 fully saturated rings. The number of quaternary nitrogens is 1. The van der Waals surface area contributed by atoms with Crippen molar-refractivity contribution in [3.05, 3.63) is 65.2 Å². The summed E-state index contributed by atoms with van der Waals surface area (Å²) in [6.45, 7) is 0. The second kappa shape index (κ2) is 9.29. The number of ether oxygens (including phenoxy) is 2. The summed E-state index contributed by atoms with van der Waals surface area (Å²) >= 11 is 0. The first-order chi connectivity index (χ1) is 14.3. The minimum atomic E-state index is -0.353. The molecule has 0 radical (unpaired) electrons. The molecule has 0 amide bonds. The highest BCUT2D eigenvalue weighted by atomic mass is 79.9. The Morgan fingerprint density at radius 2 is 1.32 bits per heavy atom. The van der Waals surface area contributed by atoms with E-state index in [2.05, 4.69) is 20.2 Å². The predicted octanol–water partition coefficient (Wildman–Crippen LogP) is 2.44. The Morgan fingerprint density at radius 1 is 0.871 bits per heavy atom. The van der Waals surface area contributed by atoms with E-state index < -0.39 is 0 Å². The van der Waals surface area contributed by atoms with Gasteiger partial charge in [-0.2, -0.15) is 0 Å². The van der Waals surface area contributed by atoms with Gasteiger partial charge in [0.25, 0.3) is 0 Å². The minimum absolute atomic E-state index is 0. The molecular weight excluding hydrogens is 464 g/mol. The van der Waals surface area contributed by atoms with Gasteiger partial charge in [0.15, 0.2) is 0 Å². The SMILES string of the molecule is COc1ccc(F)cc1C(=CC1C[C@@H]2CC[C@@H](C1)[N+]2(C)C)c1cc(F)ccc1OC.[Br-]. The van der Waals surface area contributed by atoms with E-state index in [9.17, 15) is 8.78 Å². The summed E-state index contributed by atoms with van der Waals surface area (Å²) < 4.78 is 40.6. The molecule has 2 aliphatic heterocycles. The Hall–Kier alpha value is -1.92.